The molecule has 32 heavy (non-hydrogen) atoms. The smallest absolute Gasteiger partial charge is 0.237 e. The van der Waals surface area contributed by atoms with Gasteiger partial charge in [0.15, 0.2) is 0 Å². The van der Waals surface area contributed by atoms with E-state index >= 15 is 0 Å². The zero-order chi connectivity index (χ0) is 22.5. The average Bonchev–Trinajstić information content (AvgIpc) is 3.17. The van der Waals surface area contributed by atoms with Crippen molar-refractivity contribution in [1.82, 2.24) is 20.4 Å². The number of carbonyl (C=O) groups is 1. The van der Waals surface area contributed by atoms with E-state index in [-0.39, 0.29) is 18.0 Å². The lowest BCUT2D eigenvalue weighted by Crippen LogP contribution is -2.47. The molecule has 2 aromatic carbocycles. The summed E-state index contributed by atoms with van der Waals surface area (Å²) in [6.07, 6.45) is 4.55. The Balaban J connectivity index is 1.42. The molecular formula is C27H40N4O. The van der Waals surface area contributed by atoms with Gasteiger partial charge in [0.1, 0.15) is 0 Å². The van der Waals surface area contributed by atoms with Crippen LogP contribution in [0.25, 0.3) is 10.8 Å². The summed E-state index contributed by atoms with van der Waals surface area (Å²) in [5.74, 6) is 0.169. The third-order valence-corrected chi connectivity index (χ3v) is 6.94. The molecule has 2 fully saturated rings. The third-order valence-electron chi connectivity index (χ3n) is 6.94. The van der Waals surface area contributed by atoms with E-state index in [4.69, 9.17) is 0 Å². The van der Waals surface area contributed by atoms with Crippen molar-refractivity contribution in [3.05, 3.63) is 48.0 Å². The van der Waals surface area contributed by atoms with Gasteiger partial charge in [-0.3, -0.25) is 9.69 Å². The molecule has 0 aromatic heterocycles. The van der Waals surface area contributed by atoms with Crippen LogP contribution in [0.2, 0.25) is 0 Å². The molecule has 0 unspecified atom stereocenters. The van der Waals surface area contributed by atoms with E-state index in [0.29, 0.717) is 12.1 Å². The molecule has 4 rings (SSSR count). The lowest BCUT2D eigenvalue weighted by atomic mass is 10.0. The summed E-state index contributed by atoms with van der Waals surface area (Å²) in [6.45, 7) is 11.7. The van der Waals surface area contributed by atoms with Crippen LogP contribution in [-0.4, -0.2) is 66.1 Å². The van der Waals surface area contributed by atoms with Crippen molar-refractivity contribution in [1.29, 1.82) is 0 Å². The highest BCUT2D eigenvalue weighted by Crippen LogP contribution is 2.24. The van der Waals surface area contributed by atoms with Gasteiger partial charge in [0.25, 0.3) is 0 Å². The molecule has 0 bridgehead atoms. The van der Waals surface area contributed by atoms with E-state index in [9.17, 15) is 4.79 Å². The van der Waals surface area contributed by atoms with E-state index in [1.54, 1.807) is 0 Å². The molecule has 5 heteroatoms. The van der Waals surface area contributed by atoms with E-state index in [2.05, 4.69) is 69.8 Å². The first-order valence-electron chi connectivity index (χ1n) is 12.5. The number of hydrogen-bond acceptors (Lipinski definition) is 4. The van der Waals surface area contributed by atoms with Gasteiger partial charge in [0, 0.05) is 31.2 Å². The largest absolute Gasteiger partial charge is 0.353 e. The van der Waals surface area contributed by atoms with E-state index in [1.165, 1.54) is 55.2 Å². The Kier molecular flexibility index (Phi) is 7.82. The Morgan fingerprint density at radius 1 is 1.06 bits per heavy atom. The Morgan fingerprint density at radius 2 is 1.81 bits per heavy atom. The minimum atomic E-state index is -0.0680. The number of rotatable bonds is 8. The molecule has 2 aliphatic rings. The van der Waals surface area contributed by atoms with Gasteiger partial charge in [0.05, 0.1) is 6.04 Å². The summed E-state index contributed by atoms with van der Waals surface area (Å²) in [7, 11) is 0. The molecule has 1 amide bonds. The summed E-state index contributed by atoms with van der Waals surface area (Å²) in [5.41, 5.74) is 1.28. The molecule has 0 spiro atoms. The van der Waals surface area contributed by atoms with Crippen molar-refractivity contribution in [3.63, 3.8) is 0 Å². The molecule has 2 N–H and O–H groups in total. The van der Waals surface area contributed by atoms with Crippen LogP contribution in [0.3, 0.4) is 0 Å². The predicted molar refractivity (Wildman–Crippen MR) is 133 cm³/mol. The normalized spacial score (nSPS) is 23.2. The Morgan fingerprint density at radius 3 is 2.53 bits per heavy atom. The lowest BCUT2D eigenvalue weighted by Gasteiger charge is -2.33. The summed E-state index contributed by atoms with van der Waals surface area (Å²) in [4.78, 5) is 18.0. The molecule has 174 valence electrons. The number of hydrogen-bond donors (Lipinski definition) is 2. The van der Waals surface area contributed by atoms with Crippen LogP contribution in [0.4, 0.5) is 0 Å². The summed E-state index contributed by atoms with van der Waals surface area (Å²) < 4.78 is 0. The van der Waals surface area contributed by atoms with Gasteiger partial charge in [-0.05, 0) is 81.6 Å². The monoisotopic (exact) mass is 436 g/mol. The fourth-order valence-corrected chi connectivity index (χ4v) is 5.40. The van der Waals surface area contributed by atoms with Crippen LogP contribution in [0, 0.1) is 0 Å². The first kappa shape index (κ1) is 23.2. The zero-order valence-corrected chi connectivity index (χ0v) is 20.0. The fourth-order valence-electron chi connectivity index (χ4n) is 5.40. The summed E-state index contributed by atoms with van der Waals surface area (Å²) in [6, 6.07) is 16.2. The molecule has 2 heterocycles. The molecule has 2 atom stereocenters. The number of likely N-dealkylation sites (tertiary alicyclic amines) is 2. The van der Waals surface area contributed by atoms with Crippen LogP contribution >= 0.6 is 0 Å². The standard InChI is InChI=1S/C27H40N4O/c1-4-13-30-14-11-24(12-15-30)29-25-17-26(27(32)28-20(2)3)31(19-25)18-21-9-10-22-7-5-6-8-23(22)16-21/h5-10,16,20,24-26,29H,4,11-15,17-19H2,1-3H3,(H,28,32)/t25-,26-/m0/s1. The maximum absolute atomic E-state index is 13.0. The maximum atomic E-state index is 13.0. The fraction of sp³-hybridized carbons (Fsp3) is 0.593. The minimum absolute atomic E-state index is 0.0680. The molecule has 2 saturated heterocycles. The van der Waals surface area contributed by atoms with Gasteiger partial charge in [-0.15, -0.1) is 0 Å². The number of amides is 1. The Bertz CT molecular complexity index is 890. The molecule has 2 aromatic rings. The summed E-state index contributed by atoms with van der Waals surface area (Å²) >= 11 is 0. The highest BCUT2D eigenvalue weighted by atomic mass is 16.2. The van der Waals surface area contributed by atoms with Crippen LogP contribution in [-0.2, 0) is 11.3 Å². The van der Waals surface area contributed by atoms with Crippen molar-refractivity contribution in [3.8, 4) is 0 Å². The quantitative estimate of drug-likeness (QED) is 0.661. The van der Waals surface area contributed by atoms with Crippen molar-refractivity contribution in [2.24, 2.45) is 0 Å². The van der Waals surface area contributed by atoms with Crippen LogP contribution in [0.1, 0.15) is 52.0 Å². The van der Waals surface area contributed by atoms with Gasteiger partial charge < -0.3 is 15.5 Å². The number of nitrogens with one attached hydrogen (secondary N) is 2. The second-order valence-electron chi connectivity index (χ2n) is 10.0. The molecule has 5 nitrogen and oxygen atoms in total. The second kappa shape index (κ2) is 10.8. The molecule has 2 aliphatic heterocycles. The van der Waals surface area contributed by atoms with Gasteiger partial charge in [-0.2, -0.15) is 0 Å². The highest BCUT2D eigenvalue weighted by molar-refractivity contribution is 5.83. The zero-order valence-electron chi connectivity index (χ0n) is 20.0. The SMILES string of the molecule is CCCN1CCC(N[C@H]2C[C@@H](C(=O)NC(C)C)N(Cc3ccc4ccccc4c3)C2)CC1. The van der Waals surface area contributed by atoms with Crippen molar-refractivity contribution in [2.75, 3.05) is 26.2 Å². The van der Waals surface area contributed by atoms with Crippen LogP contribution < -0.4 is 10.6 Å². The molecule has 0 saturated carbocycles. The number of piperidine rings is 1. The van der Waals surface area contributed by atoms with Crippen LogP contribution in [0.15, 0.2) is 42.5 Å². The molecule has 0 radical (unpaired) electrons. The Hall–Kier alpha value is -1.95. The summed E-state index contributed by atoms with van der Waals surface area (Å²) in [5, 5.41) is 9.60. The first-order chi connectivity index (χ1) is 15.5. The van der Waals surface area contributed by atoms with Gasteiger partial charge >= 0.3 is 0 Å². The van der Waals surface area contributed by atoms with Crippen molar-refractivity contribution in [2.45, 2.75) is 77.2 Å². The third kappa shape index (κ3) is 5.89. The highest BCUT2D eigenvalue weighted by Gasteiger charge is 2.37. The van der Waals surface area contributed by atoms with Crippen LogP contribution in [0.5, 0.6) is 0 Å². The predicted octanol–water partition coefficient (Wildman–Crippen LogP) is 3.77. The van der Waals surface area contributed by atoms with E-state index < -0.39 is 0 Å². The van der Waals surface area contributed by atoms with Crippen molar-refractivity contribution >= 4 is 16.7 Å². The van der Waals surface area contributed by atoms with E-state index in [0.717, 1.165) is 19.5 Å². The average molecular weight is 437 g/mol. The van der Waals surface area contributed by atoms with Crippen molar-refractivity contribution < 1.29 is 4.79 Å². The minimum Gasteiger partial charge on any atom is -0.353 e. The molecular weight excluding hydrogens is 396 g/mol. The number of fused-ring (bicyclic) bond motifs is 1. The number of carbonyl (C=O) groups excluding carboxylic acids is 1. The number of nitrogens with zero attached hydrogens (tertiary/aromatic N) is 2. The molecule has 0 aliphatic carbocycles. The lowest BCUT2D eigenvalue weighted by molar-refractivity contribution is -0.126. The topological polar surface area (TPSA) is 47.6 Å². The number of benzene rings is 2. The second-order valence-corrected chi connectivity index (χ2v) is 10.0. The van der Waals surface area contributed by atoms with Gasteiger partial charge in [-0.1, -0.05) is 43.3 Å². The first-order valence-corrected chi connectivity index (χ1v) is 12.5. The van der Waals surface area contributed by atoms with E-state index in [1.807, 2.05) is 13.8 Å². The van der Waals surface area contributed by atoms with Gasteiger partial charge in [-0.25, -0.2) is 0 Å². The Labute approximate surface area is 193 Å². The van der Waals surface area contributed by atoms with Gasteiger partial charge in [0.2, 0.25) is 5.91 Å². The maximum Gasteiger partial charge on any atom is 0.237 e.